The van der Waals surface area contributed by atoms with Gasteiger partial charge in [0.25, 0.3) is 0 Å². The zero-order valence-electron chi connectivity index (χ0n) is 15.5. The van der Waals surface area contributed by atoms with Crippen molar-refractivity contribution in [3.63, 3.8) is 0 Å². The van der Waals surface area contributed by atoms with Crippen molar-refractivity contribution in [3.05, 3.63) is 17.7 Å². The summed E-state index contributed by atoms with van der Waals surface area (Å²) in [5.74, 6) is 0.979. The van der Waals surface area contributed by atoms with Gasteiger partial charge in [-0.25, -0.2) is 4.79 Å². The summed E-state index contributed by atoms with van der Waals surface area (Å²) in [5, 5.41) is 0. The second kappa shape index (κ2) is 10.1. The number of hydrogen-bond donors (Lipinski definition) is 0. The smallest absolute Gasteiger partial charge is 0.338 e. The Morgan fingerprint density at radius 3 is 2.04 bits per heavy atom. The van der Waals surface area contributed by atoms with Crippen molar-refractivity contribution in [1.29, 1.82) is 0 Å². The lowest BCUT2D eigenvalue weighted by molar-refractivity contribution is -0.915. The number of likely N-dealkylation sites (N-methyl/N-ethyl adjacent to an activating group) is 1. The van der Waals surface area contributed by atoms with E-state index in [0.717, 1.165) is 17.6 Å². The first-order chi connectivity index (χ1) is 11.6. The SMILES string of the molecule is CC[N+]1(CCOC(=O)c2cc(OC)c(OC)c(OC)c2)CCCC1.[I-]. The van der Waals surface area contributed by atoms with Crippen LogP contribution in [-0.2, 0) is 4.74 Å². The van der Waals surface area contributed by atoms with Crippen LogP contribution >= 0.6 is 0 Å². The Bertz CT molecular complexity index is 548. The highest BCUT2D eigenvalue weighted by Gasteiger charge is 2.30. The Kier molecular flexibility index (Phi) is 8.78. The van der Waals surface area contributed by atoms with Crippen molar-refractivity contribution in [3.8, 4) is 17.2 Å². The van der Waals surface area contributed by atoms with E-state index in [9.17, 15) is 4.79 Å². The molecule has 0 atom stereocenters. The molecule has 0 radical (unpaired) electrons. The monoisotopic (exact) mass is 465 g/mol. The number of esters is 1. The molecule has 1 aliphatic rings. The van der Waals surface area contributed by atoms with Crippen LogP contribution in [0.4, 0.5) is 0 Å². The summed E-state index contributed by atoms with van der Waals surface area (Å²) < 4.78 is 22.3. The van der Waals surface area contributed by atoms with Crippen molar-refractivity contribution in [2.45, 2.75) is 19.8 Å². The fraction of sp³-hybridized carbons (Fsp3) is 0.611. The van der Waals surface area contributed by atoms with Gasteiger partial charge in [-0.2, -0.15) is 0 Å². The summed E-state index contributed by atoms with van der Waals surface area (Å²) in [5.41, 5.74) is 0.397. The molecule has 0 unspecified atom stereocenters. The van der Waals surface area contributed by atoms with Crippen LogP contribution in [-0.4, -0.2) is 64.6 Å². The van der Waals surface area contributed by atoms with E-state index in [1.54, 1.807) is 12.1 Å². The molecule has 0 N–H and O–H groups in total. The van der Waals surface area contributed by atoms with E-state index in [0.29, 0.717) is 29.4 Å². The minimum Gasteiger partial charge on any atom is -1.00 e. The van der Waals surface area contributed by atoms with Crippen molar-refractivity contribution < 1.29 is 52.2 Å². The lowest BCUT2D eigenvalue weighted by Crippen LogP contribution is -3.00. The predicted molar refractivity (Wildman–Crippen MR) is 91.0 cm³/mol. The second-order valence-electron chi connectivity index (χ2n) is 6.09. The Morgan fingerprint density at radius 2 is 1.60 bits per heavy atom. The molecule has 1 aromatic rings. The number of ether oxygens (including phenoxy) is 4. The van der Waals surface area contributed by atoms with E-state index in [4.69, 9.17) is 18.9 Å². The molecule has 0 bridgehead atoms. The molecule has 142 valence electrons. The number of hydrogen-bond acceptors (Lipinski definition) is 5. The van der Waals surface area contributed by atoms with Crippen LogP contribution in [0.1, 0.15) is 30.1 Å². The molecular weight excluding hydrogens is 437 g/mol. The third-order valence-electron chi connectivity index (χ3n) is 4.88. The molecule has 0 aromatic heterocycles. The molecule has 0 amide bonds. The Hall–Kier alpha value is -1.22. The quantitative estimate of drug-likeness (QED) is 0.295. The molecule has 1 fully saturated rings. The number of likely N-dealkylation sites (tertiary alicyclic amines) is 1. The lowest BCUT2D eigenvalue weighted by Gasteiger charge is -2.32. The van der Waals surface area contributed by atoms with Crippen LogP contribution in [0.15, 0.2) is 12.1 Å². The van der Waals surface area contributed by atoms with Crippen molar-refractivity contribution in [1.82, 2.24) is 0 Å². The van der Waals surface area contributed by atoms with Crippen LogP contribution in [0, 0.1) is 0 Å². The first kappa shape index (κ1) is 21.8. The van der Waals surface area contributed by atoms with Gasteiger partial charge < -0.3 is 47.4 Å². The van der Waals surface area contributed by atoms with Crippen LogP contribution < -0.4 is 38.2 Å². The average Bonchev–Trinajstić information content (AvgIpc) is 3.09. The maximum atomic E-state index is 12.4. The van der Waals surface area contributed by atoms with Gasteiger partial charge in [0.05, 0.1) is 46.5 Å². The molecule has 0 saturated carbocycles. The number of halogens is 1. The summed E-state index contributed by atoms with van der Waals surface area (Å²) in [6.45, 7) is 6.93. The molecule has 1 saturated heterocycles. The van der Waals surface area contributed by atoms with Crippen LogP contribution in [0.5, 0.6) is 17.2 Å². The number of quaternary nitrogens is 1. The molecule has 0 aliphatic carbocycles. The number of rotatable bonds is 8. The number of benzene rings is 1. The van der Waals surface area contributed by atoms with Gasteiger partial charge >= 0.3 is 5.97 Å². The predicted octanol–water partition coefficient (Wildman–Crippen LogP) is -0.496. The van der Waals surface area contributed by atoms with Gasteiger partial charge in [-0.05, 0) is 19.1 Å². The topological polar surface area (TPSA) is 54.0 Å². The van der Waals surface area contributed by atoms with E-state index in [-0.39, 0.29) is 29.9 Å². The van der Waals surface area contributed by atoms with Gasteiger partial charge in [0.1, 0.15) is 13.2 Å². The first-order valence-corrected chi connectivity index (χ1v) is 8.41. The van der Waals surface area contributed by atoms with Gasteiger partial charge in [0.15, 0.2) is 11.5 Å². The van der Waals surface area contributed by atoms with Crippen LogP contribution in [0.3, 0.4) is 0 Å². The third kappa shape index (κ3) is 5.13. The summed E-state index contributed by atoms with van der Waals surface area (Å²) in [6, 6.07) is 3.23. The zero-order chi connectivity index (χ0) is 17.6. The minimum absolute atomic E-state index is 0. The maximum absolute atomic E-state index is 12.4. The fourth-order valence-electron chi connectivity index (χ4n) is 3.32. The summed E-state index contributed by atoms with van der Waals surface area (Å²) in [7, 11) is 4.58. The van der Waals surface area contributed by atoms with Crippen molar-refractivity contribution >= 4 is 5.97 Å². The zero-order valence-corrected chi connectivity index (χ0v) is 17.6. The molecule has 7 heteroatoms. The molecule has 1 aromatic carbocycles. The van der Waals surface area contributed by atoms with Crippen LogP contribution in [0.2, 0.25) is 0 Å². The molecule has 1 aliphatic heterocycles. The Balaban J connectivity index is 0.00000312. The van der Waals surface area contributed by atoms with E-state index >= 15 is 0 Å². The number of nitrogens with zero attached hydrogens (tertiary/aromatic N) is 1. The van der Waals surface area contributed by atoms with E-state index in [2.05, 4.69) is 6.92 Å². The number of carbonyl (C=O) groups excluding carboxylic acids is 1. The molecule has 0 spiro atoms. The molecule has 2 rings (SSSR count). The van der Waals surface area contributed by atoms with E-state index < -0.39 is 0 Å². The first-order valence-electron chi connectivity index (χ1n) is 8.41. The van der Waals surface area contributed by atoms with Crippen molar-refractivity contribution in [2.24, 2.45) is 0 Å². The van der Waals surface area contributed by atoms with Crippen molar-refractivity contribution in [2.75, 3.05) is 54.1 Å². The minimum atomic E-state index is -0.372. The highest BCUT2D eigenvalue weighted by Crippen LogP contribution is 2.38. The van der Waals surface area contributed by atoms with Gasteiger partial charge in [0, 0.05) is 12.8 Å². The normalized spacial score (nSPS) is 15.2. The van der Waals surface area contributed by atoms with E-state index in [1.165, 1.54) is 47.3 Å². The summed E-state index contributed by atoms with van der Waals surface area (Å²) >= 11 is 0. The molecule has 1 heterocycles. The fourth-order valence-corrected chi connectivity index (χ4v) is 3.32. The van der Waals surface area contributed by atoms with Gasteiger partial charge in [-0.3, -0.25) is 0 Å². The molecule has 6 nitrogen and oxygen atoms in total. The number of methoxy groups -OCH3 is 3. The molecular formula is C18H28INO5. The molecule has 25 heavy (non-hydrogen) atoms. The number of carbonyl (C=O) groups is 1. The summed E-state index contributed by atoms with van der Waals surface area (Å²) in [6.07, 6.45) is 2.52. The third-order valence-corrected chi connectivity index (χ3v) is 4.88. The maximum Gasteiger partial charge on any atom is 0.338 e. The largest absolute Gasteiger partial charge is 1.00 e. The van der Waals surface area contributed by atoms with Gasteiger partial charge in [-0.15, -0.1) is 0 Å². The van der Waals surface area contributed by atoms with E-state index in [1.807, 2.05) is 0 Å². The van der Waals surface area contributed by atoms with Crippen LogP contribution in [0.25, 0.3) is 0 Å². The second-order valence-corrected chi connectivity index (χ2v) is 6.09. The highest BCUT2D eigenvalue weighted by molar-refractivity contribution is 5.91. The lowest BCUT2D eigenvalue weighted by atomic mass is 10.2. The standard InChI is InChI=1S/C18H28NO5.HI/c1-5-19(8-6-7-9-19)10-11-24-18(20)14-12-15(21-2)17(23-4)16(13-14)22-3;/h12-13H,5-11H2,1-4H3;1H/q+1;/p-1. The van der Waals surface area contributed by atoms with Gasteiger partial charge in [0.2, 0.25) is 5.75 Å². The average molecular weight is 465 g/mol. The summed E-state index contributed by atoms with van der Waals surface area (Å²) in [4.78, 5) is 12.4. The Morgan fingerprint density at radius 1 is 1.04 bits per heavy atom. The highest BCUT2D eigenvalue weighted by atomic mass is 127. The van der Waals surface area contributed by atoms with Gasteiger partial charge in [-0.1, -0.05) is 0 Å². The Labute approximate surface area is 167 Å².